The summed E-state index contributed by atoms with van der Waals surface area (Å²) in [5.74, 6) is 2.90. The van der Waals surface area contributed by atoms with Gasteiger partial charge in [0.05, 0.1) is 5.92 Å². The van der Waals surface area contributed by atoms with Gasteiger partial charge < -0.3 is 9.84 Å². The number of hydrogen-bond donors (Lipinski definition) is 1. The van der Waals surface area contributed by atoms with Crippen molar-refractivity contribution < 1.29 is 4.52 Å². The number of thioether (sulfide) groups is 1. The summed E-state index contributed by atoms with van der Waals surface area (Å²) in [6.45, 7) is 2.11. The largest absolute Gasteiger partial charge is 0.339 e. The number of fused-ring (bicyclic) bond motifs is 1. The predicted molar refractivity (Wildman–Crippen MR) is 80.1 cm³/mol. The maximum Gasteiger partial charge on any atom is 0.234 e. The first-order valence-electron chi connectivity index (χ1n) is 6.99. The smallest absolute Gasteiger partial charge is 0.234 e. The quantitative estimate of drug-likeness (QED) is 0.938. The van der Waals surface area contributed by atoms with Crippen LogP contribution in [-0.2, 0) is 6.42 Å². The Bertz CT molecular complexity index is 584. The normalized spacial score (nSPS) is 19.6. The molecule has 3 rings (SSSR count). The third-order valence-corrected chi connectivity index (χ3v) is 4.84. The van der Waals surface area contributed by atoms with E-state index in [0.29, 0.717) is 6.04 Å². The SMILES string of the molecule is CNC(C)Cc1noc(C2CCSc3ccccc32)n1. The van der Waals surface area contributed by atoms with Gasteiger partial charge in [0.2, 0.25) is 5.89 Å². The highest BCUT2D eigenvalue weighted by Crippen LogP contribution is 2.40. The molecule has 1 aliphatic rings. The minimum absolute atomic E-state index is 0.249. The van der Waals surface area contributed by atoms with Gasteiger partial charge in [-0.1, -0.05) is 23.4 Å². The fraction of sp³-hybridized carbons (Fsp3) is 0.467. The molecule has 2 unspecified atom stereocenters. The molecule has 1 aromatic carbocycles. The average Bonchev–Trinajstić information content (AvgIpc) is 2.94. The van der Waals surface area contributed by atoms with Crippen molar-refractivity contribution in [2.45, 2.75) is 36.6 Å². The third kappa shape index (κ3) is 2.74. The van der Waals surface area contributed by atoms with Crippen molar-refractivity contribution in [3.8, 4) is 0 Å². The summed E-state index contributed by atoms with van der Waals surface area (Å²) < 4.78 is 5.51. The molecule has 0 bridgehead atoms. The van der Waals surface area contributed by atoms with Gasteiger partial charge in [0.1, 0.15) is 0 Å². The van der Waals surface area contributed by atoms with Crippen molar-refractivity contribution in [3.63, 3.8) is 0 Å². The molecule has 2 aromatic rings. The Kier molecular flexibility index (Phi) is 4.08. The van der Waals surface area contributed by atoms with E-state index in [0.717, 1.165) is 30.3 Å². The molecule has 1 N–H and O–H groups in total. The first kappa shape index (κ1) is 13.6. The molecule has 2 atom stereocenters. The van der Waals surface area contributed by atoms with Crippen LogP contribution >= 0.6 is 11.8 Å². The minimum Gasteiger partial charge on any atom is -0.339 e. The van der Waals surface area contributed by atoms with E-state index in [4.69, 9.17) is 4.52 Å². The standard InChI is InChI=1S/C15H19N3OS/c1-10(16-2)9-14-17-15(19-18-14)12-7-8-20-13-6-4-3-5-11(12)13/h3-6,10,12,16H,7-9H2,1-2H3. The Morgan fingerprint density at radius 3 is 3.15 bits per heavy atom. The van der Waals surface area contributed by atoms with Gasteiger partial charge in [-0.3, -0.25) is 0 Å². The molecule has 106 valence electrons. The number of hydrogen-bond acceptors (Lipinski definition) is 5. The Balaban J connectivity index is 1.84. The van der Waals surface area contributed by atoms with Crippen LogP contribution in [-0.4, -0.2) is 29.0 Å². The Hall–Kier alpha value is -1.33. The number of nitrogens with zero attached hydrogens (tertiary/aromatic N) is 2. The average molecular weight is 289 g/mol. The molecule has 0 spiro atoms. The van der Waals surface area contributed by atoms with Gasteiger partial charge in [0, 0.05) is 17.4 Å². The molecule has 20 heavy (non-hydrogen) atoms. The molecule has 1 aliphatic heterocycles. The maximum atomic E-state index is 5.51. The van der Waals surface area contributed by atoms with Crippen molar-refractivity contribution in [1.29, 1.82) is 0 Å². The van der Waals surface area contributed by atoms with Gasteiger partial charge in [-0.2, -0.15) is 4.98 Å². The van der Waals surface area contributed by atoms with E-state index in [1.165, 1.54) is 10.5 Å². The van der Waals surface area contributed by atoms with Crippen molar-refractivity contribution in [2.75, 3.05) is 12.8 Å². The number of likely N-dealkylation sites (N-methyl/N-ethyl adjacent to an activating group) is 1. The summed E-state index contributed by atoms with van der Waals surface area (Å²) in [4.78, 5) is 5.93. The van der Waals surface area contributed by atoms with Gasteiger partial charge in [-0.25, -0.2) is 0 Å². The zero-order valence-electron chi connectivity index (χ0n) is 11.8. The monoisotopic (exact) mass is 289 g/mol. The number of rotatable bonds is 4. The Labute approximate surface area is 123 Å². The zero-order valence-corrected chi connectivity index (χ0v) is 12.6. The van der Waals surface area contributed by atoms with Crippen molar-refractivity contribution in [3.05, 3.63) is 41.5 Å². The van der Waals surface area contributed by atoms with E-state index in [-0.39, 0.29) is 5.92 Å². The first-order chi connectivity index (χ1) is 9.78. The Morgan fingerprint density at radius 1 is 1.45 bits per heavy atom. The number of benzene rings is 1. The molecule has 0 amide bonds. The summed E-state index contributed by atoms with van der Waals surface area (Å²) in [5, 5.41) is 7.31. The third-order valence-electron chi connectivity index (χ3n) is 3.72. The van der Waals surface area contributed by atoms with Crippen LogP contribution in [0.25, 0.3) is 0 Å². The second-order valence-corrected chi connectivity index (χ2v) is 6.31. The first-order valence-corrected chi connectivity index (χ1v) is 7.98. The number of nitrogens with one attached hydrogen (secondary N) is 1. The van der Waals surface area contributed by atoms with Crippen LogP contribution in [0.4, 0.5) is 0 Å². The fourth-order valence-corrected chi connectivity index (χ4v) is 3.59. The van der Waals surface area contributed by atoms with Crippen LogP contribution in [0.15, 0.2) is 33.7 Å². The lowest BCUT2D eigenvalue weighted by Gasteiger charge is -2.21. The minimum atomic E-state index is 0.249. The molecule has 0 aliphatic carbocycles. The molecule has 0 radical (unpaired) electrons. The maximum absolute atomic E-state index is 5.51. The van der Waals surface area contributed by atoms with E-state index in [2.05, 4.69) is 46.6 Å². The second-order valence-electron chi connectivity index (χ2n) is 5.17. The fourth-order valence-electron chi connectivity index (χ4n) is 2.47. The lowest BCUT2D eigenvalue weighted by atomic mass is 9.96. The predicted octanol–water partition coefficient (Wildman–Crippen LogP) is 2.85. The molecular weight excluding hydrogens is 270 g/mol. The topological polar surface area (TPSA) is 51.0 Å². The van der Waals surface area contributed by atoms with E-state index in [1.807, 2.05) is 18.8 Å². The molecule has 0 saturated carbocycles. The zero-order chi connectivity index (χ0) is 13.9. The summed E-state index contributed by atoms with van der Waals surface area (Å²) >= 11 is 1.91. The lowest BCUT2D eigenvalue weighted by molar-refractivity contribution is 0.356. The van der Waals surface area contributed by atoms with Crippen molar-refractivity contribution >= 4 is 11.8 Å². The molecule has 2 heterocycles. The van der Waals surface area contributed by atoms with E-state index < -0.39 is 0 Å². The van der Waals surface area contributed by atoms with E-state index >= 15 is 0 Å². The highest BCUT2D eigenvalue weighted by atomic mass is 32.2. The van der Waals surface area contributed by atoms with Crippen LogP contribution in [0, 0.1) is 0 Å². The molecule has 0 saturated heterocycles. The second kappa shape index (κ2) is 5.97. The summed E-state index contributed by atoms with van der Waals surface area (Å²) in [5.41, 5.74) is 1.32. The van der Waals surface area contributed by atoms with Crippen LogP contribution < -0.4 is 5.32 Å². The van der Waals surface area contributed by atoms with Crippen LogP contribution in [0.1, 0.15) is 36.5 Å². The van der Waals surface area contributed by atoms with Crippen LogP contribution in [0.2, 0.25) is 0 Å². The van der Waals surface area contributed by atoms with Gasteiger partial charge >= 0.3 is 0 Å². The molecule has 0 fully saturated rings. The summed E-state index contributed by atoms with van der Waals surface area (Å²) in [6.07, 6.45) is 1.86. The van der Waals surface area contributed by atoms with Crippen molar-refractivity contribution in [2.24, 2.45) is 0 Å². The van der Waals surface area contributed by atoms with Gasteiger partial charge in [-0.05, 0) is 37.8 Å². The summed E-state index contributed by atoms with van der Waals surface area (Å²) in [6, 6.07) is 8.87. The molecule has 1 aromatic heterocycles. The van der Waals surface area contributed by atoms with Crippen LogP contribution in [0.5, 0.6) is 0 Å². The Morgan fingerprint density at radius 2 is 2.30 bits per heavy atom. The molecule has 5 heteroatoms. The van der Waals surface area contributed by atoms with E-state index in [1.54, 1.807) is 0 Å². The van der Waals surface area contributed by atoms with E-state index in [9.17, 15) is 0 Å². The van der Waals surface area contributed by atoms with Gasteiger partial charge in [0.25, 0.3) is 0 Å². The lowest BCUT2D eigenvalue weighted by Crippen LogP contribution is -2.24. The van der Waals surface area contributed by atoms with Crippen molar-refractivity contribution in [1.82, 2.24) is 15.5 Å². The van der Waals surface area contributed by atoms with Gasteiger partial charge in [0.15, 0.2) is 5.82 Å². The molecular formula is C15H19N3OS. The van der Waals surface area contributed by atoms with Crippen LogP contribution in [0.3, 0.4) is 0 Å². The van der Waals surface area contributed by atoms with Gasteiger partial charge in [-0.15, -0.1) is 11.8 Å². The highest BCUT2D eigenvalue weighted by molar-refractivity contribution is 7.99. The number of aromatic nitrogens is 2. The highest BCUT2D eigenvalue weighted by Gasteiger charge is 2.26. The summed E-state index contributed by atoms with van der Waals surface area (Å²) in [7, 11) is 1.94. The molecule has 4 nitrogen and oxygen atoms in total.